The van der Waals surface area contributed by atoms with Gasteiger partial charge >= 0.3 is 5.69 Å². The molecule has 0 aliphatic rings. The van der Waals surface area contributed by atoms with E-state index in [0.717, 1.165) is 0 Å². The lowest BCUT2D eigenvalue weighted by Gasteiger charge is -1.98. The van der Waals surface area contributed by atoms with Gasteiger partial charge in [0.1, 0.15) is 6.73 Å². The van der Waals surface area contributed by atoms with Gasteiger partial charge in [-0.15, -0.1) is 0 Å². The standard InChI is InChI=1S/C5H7N3O2/c6-3-10-4-1-7-5(9)8-2-4/h1-2H,3,6H2,(H,7,8,9). The molecule has 0 saturated carbocycles. The van der Waals surface area contributed by atoms with E-state index in [1.54, 1.807) is 0 Å². The molecule has 10 heavy (non-hydrogen) atoms. The van der Waals surface area contributed by atoms with Gasteiger partial charge in [-0.3, -0.25) is 5.73 Å². The first-order valence-electron chi connectivity index (χ1n) is 2.70. The average Bonchev–Trinajstić information content (AvgIpc) is 1.95. The quantitative estimate of drug-likeness (QED) is 0.521. The van der Waals surface area contributed by atoms with Crippen LogP contribution in [0.15, 0.2) is 17.2 Å². The minimum absolute atomic E-state index is 0.0771. The lowest BCUT2D eigenvalue weighted by atomic mass is 10.6. The molecule has 54 valence electrons. The molecule has 3 N–H and O–H groups in total. The number of aromatic nitrogens is 2. The molecule has 0 spiro atoms. The largest absolute Gasteiger partial charge is 0.475 e. The van der Waals surface area contributed by atoms with Gasteiger partial charge in [-0.05, 0) is 0 Å². The highest BCUT2D eigenvalue weighted by molar-refractivity contribution is 5.09. The molecule has 1 aromatic rings. The van der Waals surface area contributed by atoms with Crippen molar-refractivity contribution in [2.75, 3.05) is 6.73 Å². The maximum absolute atomic E-state index is 10.4. The van der Waals surface area contributed by atoms with Crippen LogP contribution in [0.3, 0.4) is 0 Å². The van der Waals surface area contributed by atoms with Gasteiger partial charge in [0.2, 0.25) is 0 Å². The van der Waals surface area contributed by atoms with Crippen LogP contribution in [0.1, 0.15) is 0 Å². The third kappa shape index (κ3) is 1.56. The van der Waals surface area contributed by atoms with E-state index in [1.165, 1.54) is 12.4 Å². The molecule has 0 bridgehead atoms. The average molecular weight is 141 g/mol. The van der Waals surface area contributed by atoms with Crippen molar-refractivity contribution < 1.29 is 4.74 Å². The van der Waals surface area contributed by atoms with Crippen LogP contribution in [0.25, 0.3) is 0 Å². The topological polar surface area (TPSA) is 81.0 Å². The van der Waals surface area contributed by atoms with Gasteiger partial charge in [-0.1, -0.05) is 0 Å². The number of aromatic amines is 1. The highest BCUT2D eigenvalue weighted by Gasteiger charge is 1.89. The molecular formula is C5H7N3O2. The van der Waals surface area contributed by atoms with Crippen LogP contribution in [-0.4, -0.2) is 16.7 Å². The van der Waals surface area contributed by atoms with Crippen molar-refractivity contribution in [1.82, 2.24) is 9.97 Å². The fraction of sp³-hybridized carbons (Fsp3) is 0.200. The maximum Gasteiger partial charge on any atom is 0.345 e. The molecule has 1 rings (SSSR count). The fourth-order valence-corrected chi connectivity index (χ4v) is 0.505. The zero-order chi connectivity index (χ0) is 7.40. The molecule has 0 radical (unpaired) electrons. The third-order valence-corrected chi connectivity index (χ3v) is 0.897. The monoisotopic (exact) mass is 141 g/mol. The second-order valence-corrected chi connectivity index (χ2v) is 1.57. The summed E-state index contributed by atoms with van der Waals surface area (Å²) in [5, 5.41) is 0. The van der Waals surface area contributed by atoms with Gasteiger partial charge in [-0.2, -0.15) is 4.98 Å². The molecule has 0 fully saturated rings. The predicted molar refractivity (Wildman–Crippen MR) is 34.5 cm³/mol. The van der Waals surface area contributed by atoms with Gasteiger partial charge < -0.3 is 9.72 Å². The number of H-pyrrole nitrogens is 1. The summed E-state index contributed by atoms with van der Waals surface area (Å²) in [5.41, 5.74) is 4.66. The van der Waals surface area contributed by atoms with E-state index in [9.17, 15) is 4.79 Å². The Labute approximate surface area is 56.9 Å². The van der Waals surface area contributed by atoms with Gasteiger partial charge in [0.05, 0.1) is 6.20 Å². The van der Waals surface area contributed by atoms with Crippen LogP contribution in [0, 0.1) is 0 Å². The number of ether oxygens (including phenoxy) is 1. The van der Waals surface area contributed by atoms with Gasteiger partial charge in [0, 0.05) is 6.20 Å². The predicted octanol–water partition coefficient (Wildman–Crippen LogP) is -0.935. The lowest BCUT2D eigenvalue weighted by molar-refractivity contribution is 0.326. The van der Waals surface area contributed by atoms with Crippen molar-refractivity contribution in [3.05, 3.63) is 22.9 Å². The minimum atomic E-state index is -0.399. The van der Waals surface area contributed by atoms with Crippen molar-refractivity contribution in [3.8, 4) is 5.75 Å². The first-order chi connectivity index (χ1) is 4.83. The number of rotatable bonds is 2. The number of nitrogens with one attached hydrogen (secondary N) is 1. The number of hydrogen-bond acceptors (Lipinski definition) is 4. The maximum atomic E-state index is 10.4. The van der Waals surface area contributed by atoms with Crippen LogP contribution in [0.4, 0.5) is 0 Å². The zero-order valence-corrected chi connectivity index (χ0v) is 5.20. The van der Waals surface area contributed by atoms with Crippen molar-refractivity contribution in [3.63, 3.8) is 0 Å². The second kappa shape index (κ2) is 2.98. The van der Waals surface area contributed by atoms with E-state index in [1.807, 2.05) is 0 Å². The smallest absolute Gasteiger partial charge is 0.345 e. The first kappa shape index (κ1) is 6.76. The summed E-state index contributed by atoms with van der Waals surface area (Å²) >= 11 is 0. The Kier molecular flexibility index (Phi) is 2.01. The van der Waals surface area contributed by atoms with Crippen molar-refractivity contribution in [2.45, 2.75) is 0 Å². The molecule has 0 aliphatic heterocycles. The Hall–Kier alpha value is -1.36. The summed E-state index contributed by atoms with van der Waals surface area (Å²) in [4.78, 5) is 16.1. The number of hydrogen-bond donors (Lipinski definition) is 2. The molecule has 5 heteroatoms. The molecule has 5 nitrogen and oxygen atoms in total. The van der Waals surface area contributed by atoms with E-state index in [0.29, 0.717) is 5.75 Å². The van der Waals surface area contributed by atoms with Crippen LogP contribution in [0.5, 0.6) is 5.75 Å². The zero-order valence-electron chi connectivity index (χ0n) is 5.20. The van der Waals surface area contributed by atoms with E-state index in [2.05, 4.69) is 9.97 Å². The van der Waals surface area contributed by atoms with Crippen LogP contribution >= 0.6 is 0 Å². The summed E-state index contributed by atoms with van der Waals surface area (Å²) in [7, 11) is 0. The third-order valence-electron chi connectivity index (χ3n) is 0.897. The number of nitrogens with two attached hydrogens (primary N) is 1. The molecule has 1 heterocycles. The normalized spacial score (nSPS) is 9.30. The molecule has 0 aromatic carbocycles. The summed E-state index contributed by atoms with van der Waals surface area (Å²) in [6.07, 6.45) is 2.72. The molecule has 0 saturated heterocycles. The molecule has 0 unspecified atom stereocenters. The molecule has 0 atom stereocenters. The van der Waals surface area contributed by atoms with Crippen LogP contribution in [0.2, 0.25) is 0 Å². The first-order valence-corrected chi connectivity index (χ1v) is 2.70. The van der Waals surface area contributed by atoms with E-state index < -0.39 is 5.69 Å². The molecular weight excluding hydrogens is 134 g/mol. The van der Waals surface area contributed by atoms with Crippen molar-refractivity contribution in [2.24, 2.45) is 5.73 Å². The Morgan fingerprint density at radius 2 is 2.60 bits per heavy atom. The second-order valence-electron chi connectivity index (χ2n) is 1.57. The summed E-state index contributed by atoms with van der Waals surface area (Å²) < 4.78 is 4.81. The van der Waals surface area contributed by atoms with E-state index in [-0.39, 0.29) is 6.73 Å². The summed E-state index contributed by atoms with van der Waals surface area (Å²) in [6.45, 7) is 0.0771. The summed E-state index contributed by atoms with van der Waals surface area (Å²) in [5.74, 6) is 0.460. The Balaban J connectivity index is 2.79. The van der Waals surface area contributed by atoms with Gasteiger partial charge in [-0.25, -0.2) is 4.79 Å². The Morgan fingerprint density at radius 3 is 3.10 bits per heavy atom. The Bertz CT molecular complexity index is 237. The van der Waals surface area contributed by atoms with Gasteiger partial charge in [0.15, 0.2) is 5.75 Å². The highest BCUT2D eigenvalue weighted by Crippen LogP contribution is 1.99. The SMILES string of the molecule is NCOc1cnc(=O)[nH]c1. The minimum Gasteiger partial charge on any atom is -0.475 e. The molecule has 0 amide bonds. The van der Waals surface area contributed by atoms with Gasteiger partial charge in [0.25, 0.3) is 0 Å². The Morgan fingerprint density at radius 1 is 1.80 bits per heavy atom. The summed E-state index contributed by atoms with van der Waals surface area (Å²) in [6, 6.07) is 0. The van der Waals surface area contributed by atoms with Crippen LogP contribution < -0.4 is 16.2 Å². The van der Waals surface area contributed by atoms with E-state index >= 15 is 0 Å². The highest BCUT2D eigenvalue weighted by atomic mass is 16.5. The fourth-order valence-electron chi connectivity index (χ4n) is 0.505. The van der Waals surface area contributed by atoms with Crippen molar-refractivity contribution in [1.29, 1.82) is 0 Å². The van der Waals surface area contributed by atoms with E-state index in [4.69, 9.17) is 10.5 Å². The number of nitrogens with zero attached hydrogens (tertiary/aromatic N) is 1. The van der Waals surface area contributed by atoms with Crippen LogP contribution in [-0.2, 0) is 0 Å². The molecule has 1 aromatic heterocycles. The molecule has 0 aliphatic carbocycles. The lowest BCUT2D eigenvalue weighted by Crippen LogP contribution is -2.12. The van der Waals surface area contributed by atoms with Crippen molar-refractivity contribution >= 4 is 0 Å².